The first kappa shape index (κ1) is 18.6. The van der Waals surface area contributed by atoms with E-state index in [9.17, 15) is 9.18 Å². The normalized spacial score (nSPS) is 11.1. The van der Waals surface area contributed by atoms with E-state index in [0.717, 1.165) is 22.8 Å². The predicted molar refractivity (Wildman–Crippen MR) is 114 cm³/mol. The van der Waals surface area contributed by atoms with Gasteiger partial charge in [0, 0.05) is 16.8 Å². The fourth-order valence-electron chi connectivity index (χ4n) is 2.73. The Morgan fingerprint density at radius 3 is 2.52 bits per heavy atom. The van der Waals surface area contributed by atoms with Gasteiger partial charge in [-0.15, -0.1) is 0 Å². The van der Waals surface area contributed by atoms with E-state index in [4.69, 9.17) is 11.6 Å². The van der Waals surface area contributed by atoms with E-state index in [0.29, 0.717) is 16.9 Å². The molecule has 0 saturated heterocycles. The highest BCUT2D eigenvalue weighted by atomic mass is 35.5. The summed E-state index contributed by atoms with van der Waals surface area (Å²) in [5.74, 6) is -0.605. The quantitative estimate of drug-likeness (QED) is 0.376. The van der Waals surface area contributed by atoms with Gasteiger partial charge < -0.3 is 10.6 Å². The second kappa shape index (κ2) is 8.12. The second-order valence-electron chi connectivity index (χ2n) is 6.17. The first-order valence-electron chi connectivity index (χ1n) is 8.69. The summed E-state index contributed by atoms with van der Waals surface area (Å²) < 4.78 is 13.5. The maximum atomic E-state index is 13.5. The topological polar surface area (TPSA) is 82.2 Å². The standard InChI is InChI=1S/C21H15ClFN5O/c22-17-9-7-14(10-18(17)23)25-21(29)26-15-6-8-16-19(11-15)27-28-20(16)12-24-13-4-2-1-3-5-13/h1-12H,(H,27,28)(H2,25,26,29). The molecule has 4 aromatic rings. The van der Waals surface area contributed by atoms with Crippen molar-refractivity contribution in [2.45, 2.75) is 0 Å². The Bertz CT molecular complexity index is 1210. The van der Waals surface area contributed by atoms with Gasteiger partial charge in [-0.2, -0.15) is 5.10 Å². The van der Waals surface area contributed by atoms with Crippen LogP contribution in [0.1, 0.15) is 5.69 Å². The molecule has 1 heterocycles. The highest BCUT2D eigenvalue weighted by molar-refractivity contribution is 6.30. The van der Waals surface area contributed by atoms with Crippen LogP contribution >= 0.6 is 11.6 Å². The van der Waals surface area contributed by atoms with Crippen LogP contribution in [-0.4, -0.2) is 22.4 Å². The summed E-state index contributed by atoms with van der Waals surface area (Å²) >= 11 is 5.64. The molecule has 6 nitrogen and oxygen atoms in total. The van der Waals surface area contributed by atoms with Crippen molar-refractivity contribution in [2.24, 2.45) is 4.99 Å². The third-order valence-corrected chi connectivity index (χ3v) is 4.43. The van der Waals surface area contributed by atoms with Gasteiger partial charge in [-0.25, -0.2) is 9.18 Å². The van der Waals surface area contributed by atoms with Gasteiger partial charge in [0.2, 0.25) is 0 Å². The van der Waals surface area contributed by atoms with E-state index in [2.05, 4.69) is 25.8 Å². The molecule has 0 saturated carbocycles. The SMILES string of the molecule is O=C(Nc1ccc(Cl)c(F)c1)Nc1ccc2c(C=Nc3ccccc3)[nH]nc2c1. The third kappa shape index (κ3) is 4.41. The average molecular weight is 408 g/mol. The number of aromatic amines is 1. The molecule has 0 fully saturated rings. The van der Waals surface area contributed by atoms with Crippen LogP contribution in [0.2, 0.25) is 5.02 Å². The van der Waals surface area contributed by atoms with Crippen molar-refractivity contribution in [2.75, 3.05) is 10.6 Å². The van der Waals surface area contributed by atoms with E-state index in [1.165, 1.54) is 12.1 Å². The molecule has 29 heavy (non-hydrogen) atoms. The number of urea groups is 1. The molecule has 144 valence electrons. The molecule has 0 aliphatic heterocycles. The van der Waals surface area contributed by atoms with Crippen molar-refractivity contribution in [1.29, 1.82) is 0 Å². The van der Waals surface area contributed by atoms with Gasteiger partial charge >= 0.3 is 6.03 Å². The largest absolute Gasteiger partial charge is 0.323 e. The van der Waals surface area contributed by atoms with Gasteiger partial charge in [-0.1, -0.05) is 29.8 Å². The number of halogens is 2. The minimum absolute atomic E-state index is 0.00782. The van der Waals surface area contributed by atoms with E-state index < -0.39 is 11.8 Å². The monoisotopic (exact) mass is 407 g/mol. The number of carbonyl (C=O) groups is 1. The summed E-state index contributed by atoms with van der Waals surface area (Å²) in [6.07, 6.45) is 1.71. The molecule has 0 unspecified atom stereocenters. The van der Waals surface area contributed by atoms with Crippen LogP contribution < -0.4 is 10.6 Å². The molecule has 1 aromatic heterocycles. The number of hydrogen-bond acceptors (Lipinski definition) is 3. The Labute approximate surface area is 170 Å². The van der Waals surface area contributed by atoms with Crippen LogP contribution in [0.4, 0.5) is 26.2 Å². The first-order chi connectivity index (χ1) is 14.1. The number of para-hydroxylation sites is 1. The first-order valence-corrected chi connectivity index (χ1v) is 9.06. The number of aromatic nitrogens is 2. The van der Waals surface area contributed by atoms with Gasteiger partial charge in [0.15, 0.2) is 0 Å². The smallest absolute Gasteiger partial charge is 0.308 e. The van der Waals surface area contributed by atoms with Crippen LogP contribution in [-0.2, 0) is 0 Å². The minimum atomic E-state index is -0.605. The van der Waals surface area contributed by atoms with Crippen LogP contribution in [0.15, 0.2) is 71.7 Å². The second-order valence-corrected chi connectivity index (χ2v) is 6.58. The third-order valence-electron chi connectivity index (χ3n) is 4.12. The zero-order valence-electron chi connectivity index (χ0n) is 15.0. The Morgan fingerprint density at radius 2 is 1.76 bits per heavy atom. The molecule has 8 heteroatoms. The molecular weight excluding hydrogens is 393 g/mol. The van der Waals surface area contributed by atoms with Crippen molar-refractivity contribution in [1.82, 2.24) is 10.2 Å². The van der Waals surface area contributed by atoms with Crippen molar-refractivity contribution in [3.05, 3.63) is 83.3 Å². The van der Waals surface area contributed by atoms with Gasteiger partial charge in [0.05, 0.1) is 28.1 Å². The zero-order chi connectivity index (χ0) is 20.2. The molecule has 0 aliphatic carbocycles. The number of aliphatic imine (C=N–C) groups is 1. The Hall–Kier alpha value is -3.71. The van der Waals surface area contributed by atoms with Crippen molar-refractivity contribution in [3.8, 4) is 0 Å². The molecule has 0 aliphatic rings. The van der Waals surface area contributed by atoms with Crippen molar-refractivity contribution < 1.29 is 9.18 Å². The molecule has 4 rings (SSSR count). The number of benzene rings is 3. The lowest BCUT2D eigenvalue weighted by molar-refractivity contribution is 0.262. The number of rotatable bonds is 4. The number of nitrogens with one attached hydrogen (secondary N) is 3. The number of hydrogen-bond donors (Lipinski definition) is 3. The van der Waals surface area contributed by atoms with Gasteiger partial charge in [-0.05, 0) is 48.5 Å². The van der Waals surface area contributed by atoms with Crippen molar-refractivity contribution in [3.63, 3.8) is 0 Å². The molecule has 3 N–H and O–H groups in total. The number of H-pyrrole nitrogens is 1. The summed E-state index contributed by atoms with van der Waals surface area (Å²) in [5, 5.41) is 13.3. The van der Waals surface area contributed by atoms with Gasteiger partial charge in [0.1, 0.15) is 5.82 Å². The van der Waals surface area contributed by atoms with Crippen LogP contribution in [0.5, 0.6) is 0 Å². The molecule has 2 amide bonds. The maximum absolute atomic E-state index is 13.5. The summed E-state index contributed by atoms with van der Waals surface area (Å²) in [6, 6.07) is 18.4. The maximum Gasteiger partial charge on any atom is 0.323 e. The molecular formula is C21H15ClFN5O. The molecule has 0 atom stereocenters. The van der Waals surface area contributed by atoms with E-state index in [-0.39, 0.29) is 5.02 Å². The summed E-state index contributed by atoms with van der Waals surface area (Å²) in [4.78, 5) is 16.6. The molecule has 0 spiro atoms. The number of nitrogens with zero attached hydrogens (tertiary/aromatic N) is 2. The molecule has 3 aromatic carbocycles. The van der Waals surface area contributed by atoms with E-state index >= 15 is 0 Å². The van der Waals surface area contributed by atoms with Crippen LogP contribution in [0, 0.1) is 5.82 Å². The van der Waals surface area contributed by atoms with E-state index in [1.807, 2.05) is 36.4 Å². The Balaban J connectivity index is 1.47. The molecule has 0 bridgehead atoms. The lowest BCUT2D eigenvalue weighted by Crippen LogP contribution is -2.19. The lowest BCUT2D eigenvalue weighted by atomic mass is 10.2. The fourth-order valence-corrected chi connectivity index (χ4v) is 2.85. The number of anilines is 2. The van der Waals surface area contributed by atoms with E-state index in [1.54, 1.807) is 18.3 Å². The fraction of sp³-hybridized carbons (Fsp3) is 0. The molecule has 0 radical (unpaired) electrons. The van der Waals surface area contributed by atoms with Gasteiger partial charge in [0.25, 0.3) is 0 Å². The number of fused-ring (bicyclic) bond motifs is 1. The Kier molecular flexibility index (Phi) is 5.22. The van der Waals surface area contributed by atoms with Gasteiger partial charge in [-0.3, -0.25) is 10.1 Å². The summed E-state index contributed by atoms with van der Waals surface area (Å²) in [6.45, 7) is 0. The van der Waals surface area contributed by atoms with Crippen LogP contribution in [0.25, 0.3) is 10.9 Å². The highest BCUT2D eigenvalue weighted by Crippen LogP contribution is 2.22. The number of amides is 2. The summed E-state index contributed by atoms with van der Waals surface area (Å²) in [7, 11) is 0. The highest BCUT2D eigenvalue weighted by Gasteiger charge is 2.08. The minimum Gasteiger partial charge on any atom is -0.308 e. The number of carbonyl (C=O) groups excluding carboxylic acids is 1. The Morgan fingerprint density at radius 1 is 1.03 bits per heavy atom. The lowest BCUT2D eigenvalue weighted by Gasteiger charge is -2.08. The van der Waals surface area contributed by atoms with Crippen molar-refractivity contribution >= 4 is 51.8 Å². The summed E-state index contributed by atoms with van der Waals surface area (Å²) in [5.41, 5.74) is 3.11. The predicted octanol–water partition coefficient (Wildman–Crippen LogP) is 5.75. The van der Waals surface area contributed by atoms with Crippen LogP contribution in [0.3, 0.4) is 0 Å². The average Bonchev–Trinajstić information content (AvgIpc) is 3.12. The zero-order valence-corrected chi connectivity index (χ0v) is 15.7.